The lowest BCUT2D eigenvalue weighted by Crippen LogP contribution is -2.44. The molecule has 0 aromatic rings. The van der Waals surface area contributed by atoms with Crippen molar-refractivity contribution in [2.75, 3.05) is 24.6 Å². The van der Waals surface area contributed by atoms with E-state index in [9.17, 15) is 12.6 Å². The molecule has 0 radical (unpaired) electrons. The fourth-order valence-electron chi connectivity index (χ4n) is 3.53. The highest BCUT2D eigenvalue weighted by atomic mass is 32.2. The molecule has 19 heavy (non-hydrogen) atoms. The topological polar surface area (TPSA) is 89.3 Å². The summed E-state index contributed by atoms with van der Waals surface area (Å²) in [7, 11) is -4.40. The highest BCUT2D eigenvalue weighted by Gasteiger charge is 2.51. The van der Waals surface area contributed by atoms with Crippen LogP contribution in [0.3, 0.4) is 0 Å². The Hall–Kier alpha value is 0.0200. The summed E-state index contributed by atoms with van der Waals surface area (Å²) in [6.45, 7) is 5.47. The van der Waals surface area contributed by atoms with Crippen LogP contribution in [-0.4, -0.2) is 42.0 Å². The molecule has 0 aromatic heterocycles. The predicted octanol–water partition coefficient (Wildman–Crippen LogP) is 0.192. The summed E-state index contributed by atoms with van der Waals surface area (Å²) in [4.78, 5) is 0. The molecule has 0 amide bonds. The van der Waals surface area contributed by atoms with Crippen LogP contribution in [0, 0.1) is 11.3 Å². The molecule has 2 atom stereocenters. The summed E-state index contributed by atoms with van der Waals surface area (Å²) in [6, 6.07) is 0. The van der Waals surface area contributed by atoms with Crippen molar-refractivity contribution in [2.45, 2.75) is 37.9 Å². The van der Waals surface area contributed by atoms with Crippen molar-refractivity contribution < 1.29 is 12.6 Å². The standard InChI is InChI=1S/C12H24N2O3S2/c1-11(2,18(13)15)7-10-8-19(16,17)9-12(10)3-5-14-6-4-12/h10,14H,3-9,13H2,1-2H3/t10-,18?/m1/s1. The SMILES string of the molecule is CC(C)(C[C@@H]1CS(=O)(=O)CC12CCNCC2)S(N)=O. The Morgan fingerprint density at radius 3 is 2.47 bits per heavy atom. The van der Waals surface area contributed by atoms with Gasteiger partial charge in [-0.15, -0.1) is 0 Å². The predicted molar refractivity (Wildman–Crippen MR) is 77.7 cm³/mol. The van der Waals surface area contributed by atoms with Gasteiger partial charge < -0.3 is 5.32 Å². The molecule has 0 bridgehead atoms. The maximum atomic E-state index is 12.0. The maximum Gasteiger partial charge on any atom is 0.151 e. The van der Waals surface area contributed by atoms with Gasteiger partial charge in [-0.25, -0.2) is 12.6 Å². The minimum atomic E-state index is -2.97. The van der Waals surface area contributed by atoms with Crippen LogP contribution in [0.5, 0.6) is 0 Å². The fourth-order valence-corrected chi connectivity index (χ4v) is 6.49. The minimum Gasteiger partial charge on any atom is -0.317 e. The van der Waals surface area contributed by atoms with Crippen LogP contribution in [0.4, 0.5) is 0 Å². The third-order valence-electron chi connectivity index (χ3n) is 4.71. The molecule has 2 aliphatic rings. The van der Waals surface area contributed by atoms with E-state index < -0.39 is 25.6 Å². The van der Waals surface area contributed by atoms with E-state index in [-0.39, 0.29) is 17.1 Å². The van der Waals surface area contributed by atoms with Crippen LogP contribution in [0.2, 0.25) is 0 Å². The molecule has 7 heteroatoms. The number of nitrogens with one attached hydrogen (secondary N) is 1. The number of hydrogen-bond acceptors (Lipinski definition) is 4. The molecule has 1 spiro atoms. The second kappa shape index (κ2) is 5.09. The highest BCUT2D eigenvalue weighted by molar-refractivity contribution is 7.91. The van der Waals surface area contributed by atoms with Crippen molar-refractivity contribution >= 4 is 20.8 Å². The van der Waals surface area contributed by atoms with E-state index in [4.69, 9.17) is 5.14 Å². The Balaban J connectivity index is 2.24. The molecule has 2 fully saturated rings. The van der Waals surface area contributed by atoms with Crippen molar-refractivity contribution in [1.29, 1.82) is 0 Å². The monoisotopic (exact) mass is 308 g/mol. The molecular weight excluding hydrogens is 284 g/mol. The lowest BCUT2D eigenvalue weighted by Gasteiger charge is -2.40. The van der Waals surface area contributed by atoms with Gasteiger partial charge in [0.25, 0.3) is 0 Å². The van der Waals surface area contributed by atoms with Gasteiger partial charge in [-0.05, 0) is 57.5 Å². The minimum absolute atomic E-state index is 0.0853. The molecule has 1 unspecified atom stereocenters. The fraction of sp³-hybridized carbons (Fsp3) is 1.00. The van der Waals surface area contributed by atoms with Gasteiger partial charge in [-0.3, -0.25) is 5.14 Å². The van der Waals surface area contributed by atoms with Crippen LogP contribution in [0.15, 0.2) is 0 Å². The summed E-state index contributed by atoms with van der Waals surface area (Å²) >= 11 is 0. The summed E-state index contributed by atoms with van der Waals surface area (Å²) < 4.78 is 35.2. The molecule has 112 valence electrons. The van der Waals surface area contributed by atoms with E-state index in [1.54, 1.807) is 0 Å². The Labute approximate surface area is 118 Å². The van der Waals surface area contributed by atoms with E-state index in [0.717, 1.165) is 25.9 Å². The van der Waals surface area contributed by atoms with Gasteiger partial charge in [-0.2, -0.15) is 0 Å². The zero-order valence-corrected chi connectivity index (χ0v) is 13.3. The van der Waals surface area contributed by atoms with E-state index in [2.05, 4.69) is 5.32 Å². The molecule has 2 heterocycles. The van der Waals surface area contributed by atoms with Crippen LogP contribution in [-0.2, 0) is 20.8 Å². The van der Waals surface area contributed by atoms with E-state index in [0.29, 0.717) is 12.2 Å². The lowest BCUT2D eigenvalue weighted by molar-refractivity contribution is 0.146. The Morgan fingerprint density at radius 1 is 1.37 bits per heavy atom. The van der Waals surface area contributed by atoms with E-state index in [1.807, 2.05) is 13.8 Å². The first-order valence-electron chi connectivity index (χ1n) is 6.74. The number of nitrogens with two attached hydrogens (primary N) is 1. The number of rotatable bonds is 3. The molecule has 3 N–H and O–H groups in total. The van der Waals surface area contributed by atoms with Crippen molar-refractivity contribution in [3.8, 4) is 0 Å². The second-order valence-electron chi connectivity index (χ2n) is 6.63. The third-order valence-corrected chi connectivity index (χ3v) is 7.89. The zero-order valence-electron chi connectivity index (χ0n) is 11.6. The van der Waals surface area contributed by atoms with Gasteiger partial charge in [0.15, 0.2) is 9.84 Å². The molecule has 2 aliphatic heterocycles. The molecular formula is C12H24N2O3S2. The van der Waals surface area contributed by atoms with E-state index in [1.165, 1.54) is 0 Å². The van der Waals surface area contributed by atoms with Crippen LogP contribution < -0.4 is 10.5 Å². The Morgan fingerprint density at radius 2 is 1.95 bits per heavy atom. The van der Waals surface area contributed by atoms with Gasteiger partial charge in [0, 0.05) is 0 Å². The summed E-state index contributed by atoms with van der Waals surface area (Å²) in [5.41, 5.74) is -0.124. The van der Waals surface area contributed by atoms with Crippen molar-refractivity contribution in [1.82, 2.24) is 5.32 Å². The highest BCUT2D eigenvalue weighted by Crippen LogP contribution is 2.48. The maximum absolute atomic E-state index is 12.0. The molecule has 5 nitrogen and oxygen atoms in total. The first-order chi connectivity index (χ1) is 8.67. The van der Waals surface area contributed by atoms with Crippen LogP contribution in [0.25, 0.3) is 0 Å². The first kappa shape index (κ1) is 15.4. The largest absolute Gasteiger partial charge is 0.317 e. The number of sulfone groups is 1. The average molecular weight is 308 g/mol. The average Bonchev–Trinajstić information content (AvgIpc) is 2.49. The summed E-state index contributed by atoms with van der Waals surface area (Å²) in [5, 5.41) is 8.83. The normalized spacial score (nSPS) is 31.4. The molecule has 2 rings (SSSR count). The first-order valence-corrected chi connectivity index (χ1v) is 9.78. The van der Waals surface area contributed by atoms with E-state index >= 15 is 0 Å². The van der Waals surface area contributed by atoms with Gasteiger partial charge in [0.1, 0.15) is 0 Å². The second-order valence-corrected chi connectivity index (χ2v) is 10.4. The molecule has 0 aromatic carbocycles. The number of piperidine rings is 1. The molecule has 0 saturated carbocycles. The Bertz CT molecular complexity index is 467. The van der Waals surface area contributed by atoms with Crippen molar-refractivity contribution in [3.63, 3.8) is 0 Å². The summed E-state index contributed by atoms with van der Waals surface area (Å²) in [6.07, 6.45) is 2.41. The molecule has 2 saturated heterocycles. The van der Waals surface area contributed by atoms with Crippen LogP contribution in [0.1, 0.15) is 33.1 Å². The zero-order chi connectivity index (χ0) is 14.3. The number of hydrogen-bond donors (Lipinski definition) is 2. The molecule has 0 aliphatic carbocycles. The lowest BCUT2D eigenvalue weighted by atomic mass is 9.69. The quantitative estimate of drug-likeness (QED) is 0.779. The van der Waals surface area contributed by atoms with Gasteiger partial charge >= 0.3 is 0 Å². The van der Waals surface area contributed by atoms with Crippen molar-refractivity contribution in [3.05, 3.63) is 0 Å². The van der Waals surface area contributed by atoms with Gasteiger partial charge in [0.05, 0.1) is 27.2 Å². The smallest absolute Gasteiger partial charge is 0.151 e. The van der Waals surface area contributed by atoms with Crippen LogP contribution >= 0.6 is 0 Å². The van der Waals surface area contributed by atoms with Gasteiger partial charge in [-0.1, -0.05) is 0 Å². The Kier molecular flexibility index (Phi) is 4.13. The van der Waals surface area contributed by atoms with Crippen molar-refractivity contribution in [2.24, 2.45) is 16.5 Å². The third kappa shape index (κ3) is 3.20. The summed E-state index contributed by atoms with van der Waals surface area (Å²) in [5.74, 6) is 0.606. The van der Waals surface area contributed by atoms with Gasteiger partial charge in [0.2, 0.25) is 0 Å².